The standard InChI is InChI=1S/C30H35NO4/c1-3-19-31(30(32)24-34-21-27-15-9-5-10-16-27)29(23-33-20-26-13-7-4-8-14-26)25(2)35-22-28-17-11-6-12-18-28/h3-18,25,29H,1,19-24H2,2H3. The fraction of sp³-hybridized carbons (Fsp3) is 0.300. The molecule has 0 saturated carbocycles. The summed E-state index contributed by atoms with van der Waals surface area (Å²) in [6.07, 6.45) is 1.47. The summed E-state index contributed by atoms with van der Waals surface area (Å²) in [5.41, 5.74) is 3.19. The highest BCUT2D eigenvalue weighted by Gasteiger charge is 2.29. The molecule has 0 aliphatic heterocycles. The van der Waals surface area contributed by atoms with Crippen molar-refractivity contribution < 1.29 is 19.0 Å². The van der Waals surface area contributed by atoms with Gasteiger partial charge in [-0.25, -0.2) is 0 Å². The van der Waals surface area contributed by atoms with Crippen molar-refractivity contribution in [3.63, 3.8) is 0 Å². The first-order chi connectivity index (χ1) is 17.2. The summed E-state index contributed by atoms with van der Waals surface area (Å²) in [5, 5.41) is 0. The largest absolute Gasteiger partial charge is 0.375 e. The highest BCUT2D eigenvalue weighted by Crippen LogP contribution is 2.15. The molecule has 184 valence electrons. The van der Waals surface area contributed by atoms with Crippen LogP contribution in [0, 0.1) is 0 Å². The van der Waals surface area contributed by atoms with E-state index in [0.29, 0.717) is 33.0 Å². The Balaban J connectivity index is 1.65. The number of carbonyl (C=O) groups excluding carboxylic acids is 1. The fourth-order valence-electron chi connectivity index (χ4n) is 3.74. The Morgan fingerprint density at radius 1 is 0.800 bits per heavy atom. The van der Waals surface area contributed by atoms with Crippen LogP contribution in [0.3, 0.4) is 0 Å². The molecule has 3 aromatic rings. The Hall–Kier alpha value is -3.25. The molecule has 3 rings (SSSR count). The predicted molar refractivity (Wildman–Crippen MR) is 139 cm³/mol. The minimum absolute atomic E-state index is 0.0245. The fourth-order valence-corrected chi connectivity index (χ4v) is 3.74. The number of rotatable bonds is 15. The first kappa shape index (κ1) is 26.4. The summed E-state index contributed by atoms with van der Waals surface area (Å²) in [6.45, 7) is 7.83. The lowest BCUT2D eigenvalue weighted by Crippen LogP contribution is -2.50. The number of benzene rings is 3. The Morgan fingerprint density at radius 2 is 1.29 bits per heavy atom. The first-order valence-corrected chi connectivity index (χ1v) is 12.0. The molecular formula is C30H35NO4. The molecule has 3 aromatic carbocycles. The van der Waals surface area contributed by atoms with Crippen LogP contribution >= 0.6 is 0 Å². The van der Waals surface area contributed by atoms with Gasteiger partial charge in [-0.15, -0.1) is 6.58 Å². The molecule has 0 radical (unpaired) electrons. The van der Waals surface area contributed by atoms with Crippen LogP contribution in [0.5, 0.6) is 0 Å². The minimum Gasteiger partial charge on any atom is -0.375 e. The van der Waals surface area contributed by atoms with E-state index in [1.807, 2.05) is 97.9 Å². The van der Waals surface area contributed by atoms with Gasteiger partial charge >= 0.3 is 0 Å². The lowest BCUT2D eigenvalue weighted by molar-refractivity contribution is -0.144. The van der Waals surface area contributed by atoms with Gasteiger partial charge in [0, 0.05) is 6.54 Å². The van der Waals surface area contributed by atoms with Gasteiger partial charge < -0.3 is 19.1 Å². The maximum absolute atomic E-state index is 13.2. The van der Waals surface area contributed by atoms with Crippen LogP contribution in [0.4, 0.5) is 0 Å². The smallest absolute Gasteiger partial charge is 0.249 e. The Kier molecular flexibility index (Phi) is 11.2. The average Bonchev–Trinajstić information content (AvgIpc) is 2.90. The van der Waals surface area contributed by atoms with Crippen LogP contribution in [0.2, 0.25) is 0 Å². The Morgan fingerprint density at radius 3 is 1.80 bits per heavy atom. The van der Waals surface area contributed by atoms with Gasteiger partial charge in [-0.2, -0.15) is 0 Å². The summed E-state index contributed by atoms with van der Waals surface area (Å²) in [5.74, 6) is -0.121. The van der Waals surface area contributed by atoms with E-state index < -0.39 is 0 Å². The van der Waals surface area contributed by atoms with Crippen molar-refractivity contribution in [1.29, 1.82) is 0 Å². The molecule has 0 aliphatic rings. The molecule has 0 spiro atoms. The lowest BCUT2D eigenvalue weighted by atomic mass is 10.1. The molecule has 2 atom stereocenters. The van der Waals surface area contributed by atoms with Gasteiger partial charge in [0.25, 0.3) is 0 Å². The van der Waals surface area contributed by atoms with E-state index in [1.165, 1.54) is 0 Å². The summed E-state index contributed by atoms with van der Waals surface area (Å²) in [6, 6.07) is 29.5. The molecular weight excluding hydrogens is 438 g/mol. The van der Waals surface area contributed by atoms with Crippen molar-refractivity contribution >= 4 is 5.91 Å². The minimum atomic E-state index is -0.298. The highest BCUT2D eigenvalue weighted by molar-refractivity contribution is 5.78. The molecule has 0 fully saturated rings. The number of nitrogens with zero attached hydrogens (tertiary/aromatic N) is 1. The zero-order chi connectivity index (χ0) is 24.7. The maximum Gasteiger partial charge on any atom is 0.249 e. The topological polar surface area (TPSA) is 48.0 Å². The van der Waals surface area contributed by atoms with E-state index in [-0.39, 0.29) is 24.7 Å². The molecule has 2 unspecified atom stereocenters. The quantitative estimate of drug-likeness (QED) is 0.277. The third-order valence-corrected chi connectivity index (χ3v) is 5.68. The summed E-state index contributed by atoms with van der Waals surface area (Å²) >= 11 is 0. The van der Waals surface area contributed by atoms with E-state index in [9.17, 15) is 4.79 Å². The lowest BCUT2D eigenvalue weighted by Gasteiger charge is -2.35. The van der Waals surface area contributed by atoms with Gasteiger partial charge in [0.1, 0.15) is 6.61 Å². The zero-order valence-corrected chi connectivity index (χ0v) is 20.4. The second kappa shape index (κ2) is 14.9. The normalized spacial score (nSPS) is 12.6. The van der Waals surface area contributed by atoms with Crippen molar-refractivity contribution in [2.75, 3.05) is 19.8 Å². The second-order valence-corrected chi connectivity index (χ2v) is 8.38. The van der Waals surface area contributed by atoms with E-state index in [4.69, 9.17) is 14.2 Å². The van der Waals surface area contributed by atoms with Gasteiger partial charge in [-0.1, -0.05) is 97.1 Å². The highest BCUT2D eigenvalue weighted by atomic mass is 16.5. The molecule has 0 bridgehead atoms. The molecule has 1 amide bonds. The van der Waals surface area contributed by atoms with Gasteiger partial charge in [0.2, 0.25) is 5.91 Å². The van der Waals surface area contributed by atoms with Crippen molar-refractivity contribution in [2.24, 2.45) is 0 Å². The van der Waals surface area contributed by atoms with Crippen molar-refractivity contribution in [3.05, 3.63) is 120 Å². The zero-order valence-electron chi connectivity index (χ0n) is 20.4. The summed E-state index contributed by atoms with van der Waals surface area (Å²) in [7, 11) is 0. The molecule has 0 saturated heterocycles. The van der Waals surface area contributed by atoms with E-state index in [0.717, 1.165) is 16.7 Å². The molecule has 5 nitrogen and oxygen atoms in total. The van der Waals surface area contributed by atoms with Crippen LogP contribution in [0.15, 0.2) is 104 Å². The number of carbonyl (C=O) groups is 1. The predicted octanol–water partition coefficient (Wildman–Crippen LogP) is 5.41. The SMILES string of the molecule is C=CCN(C(=O)COCc1ccccc1)C(COCc1ccccc1)C(C)OCc1ccccc1. The summed E-state index contributed by atoms with van der Waals surface area (Å²) in [4.78, 5) is 15.0. The van der Waals surface area contributed by atoms with Crippen LogP contribution in [0.25, 0.3) is 0 Å². The molecule has 0 aromatic heterocycles. The van der Waals surface area contributed by atoms with Crippen molar-refractivity contribution in [1.82, 2.24) is 4.90 Å². The third kappa shape index (κ3) is 9.13. The molecule has 0 aliphatic carbocycles. The maximum atomic E-state index is 13.2. The third-order valence-electron chi connectivity index (χ3n) is 5.68. The number of hydrogen-bond donors (Lipinski definition) is 0. The molecule has 0 N–H and O–H groups in total. The van der Waals surface area contributed by atoms with Gasteiger partial charge in [0.15, 0.2) is 0 Å². The first-order valence-electron chi connectivity index (χ1n) is 12.0. The van der Waals surface area contributed by atoms with Crippen molar-refractivity contribution in [2.45, 2.75) is 38.9 Å². The monoisotopic (exact) mass is 473 g/mol. The van der Waals surface area contributed by atoms with E-state index in [1.54, 1.807) is 11.0 Å². The Bertz CT molecular complexity index is 995. The van der Waals surface area contributed by atoms with E-state index in [2.05, 4.69) is 6.58 Å². The number of hydrogen-bond acceptors (Lipinski definition) is 4. The number of amides is 1. The molecule has 0 heterocycles. The van der Waals surface area contributed by atoms with Crippen LogP contribution in [0.1, 0.15) is 23.6 Å². The second-order valence-electron chi connectivity index (χ2n) is 8.38. The average molecular weight is 474 g/mol. The van der Waals surface area contributed by atoms with E-state index >= 15 is 0 Å². The Labute approximate surface area is 208 Å². The molecule has 35 heavy (non-hydrogen) atoms. The van der Waals surface area contributed by atoms with Crippen LogP contribution < -0.4 is 0 Å². The van der Waals surface area contributed by atoms with Crippen LogP contribution in [-0.4, -0.2) is 42.7 Å². The van der Waals surface area contributed by atoms with Gasteiger partial charge in [-0.3, -0.25) is 4.79 Å². The number of ether oxygens (including phenoxy) is 3. The van der Waals surface area contributed by atoms with Crippen LogP contribution in [-0.2, 0) is 38.8 Å². The molecule has 5 heteroatoms. The summed E-state index contributed by atoms with van der Waals surface area (Å²) < 4.78 is 18.0. The van der Waals surface area contributed by atoms with Crippen molar-refractivity contribution in [3.8, 4) is 0 Å². The van der Waals surface area contributed by atoms with Gasteiger partial charge in [-0.05, 0) is 23.6 Å². The van der Waals surface area contributed by atoms with Gasteiger partial charge in [0.05, 0.1) is 38.6 Å².